The van der Waals surface area contributed by atoms with Gasteiger partial charge < -0.3 is 25.2 Å². The van der Waals surface area contributed by atoms with Crippen LogP contribution in [0.5, 0.6) is 0 Å². The minimum Gasteiger partial charge on any atom is -0.394 e. The Labute approximate surface area is 189 Å². The van der Waals surface area contributed by atoms with Crippen molar-refractivity contribution in [2.24, 2.45) is 0 Å². The lowest BCUT2D eigenvalue weighted by molar-refractivity contribution is -0.231. The molecular weight excluding hydrogens is 431 g/mol. The number of ether oxygens (including phenoxy) is 1. The van der Waals surface area contributed by atoms with Crippen molar-refractivity contribution in [1.82, 2.24) is 0 Å². The first-order chi connectivity index (χ1) is 15.4. The zero-order valence-corrected chi connectivity index (χ0v) is 18.1. The molecule has 1 fully saturated rings. The van der Waals surface area contributed by atoms with Crippen LogP contribution in [0.25, 0.3) is 16.5 Å². The maximum absolute atomic E-state index is 13.2. The first-order valence-corrected chi connectivity index (χ1v) is 11.1. The zero-order valence-electron chi connectivity index (χ0n) is 17.3. The molecule has 1 aromatic heterocycles. The SMILES string of the molecule is C=Cc1ccc([C@@H]2O[C@H](CO)[C@@H](O)[C@H](O)[C@H]2O)cc1Cc1ccc(-c2ccc(F)cc2)s1. The van der Waals surface area contributed by atoms with Crippen LogP contribution in [0.2, 0.25) is 0 Å². The lowest BCUT2D eigenvalue weighted by atomic mass is 9.89. The molecule has 3 aromatic rings. The maximum atomic E-state index is 13.2. The second-order valence-electron chi connectivity index (χ2n) is 7.86. The van der Waals surface area contributed by atoms with Crippen LogP contribution in [0.3, 0.4) is 0 Å². The normalized spacial score (nSPS) is 25.6. The van der Waals surface area contributed by atoms with Gasteiger partial charge in [-0.25, -0.2) is 4.39 Å². The second kappa shape index (κ2) is 9.62. The highest BCUT2D eigenvalue weighted by Crippen LogP contribution is 2.35. The molecule has 4 rings (SSSR count). The van der Waals surface area contributed by atoms with E-state index in [-0.39, 0.29) is 5.82 Å². The van der Waals surface area contributed by atoms with Crippen LogP contribution in [-0.4, -0.2) is 51.4 Å². The summed E-state index contributed by atoms with van der Waals surface area (Å²) in [7, 11) is 0. The largest absolute Gasteiger partial charge is 0.394 e. The number of rotatable bonds is 6. The van der Waals surface area contributed by atoms with Gasteiger partial charge in [-0.15, -0.1) is 11.3 Å². The molecule has 1 aliphatic rings. The molecule has 2 aromatic carbocycles. The van der Waals surface area contributed by atoms with E-state index in [1.807, 2.05) is 24.3 Å². The van der Waals surface area contributed by atoms with Crippen molar-refractivity contribution >= 4 is 17.4 Å². The van der Waals surface area contributed by atoms with E-state index in [1.54, 1.807) is 35.6 Å². The summed E-state index contributed by atoms with van der Waals surface area (Å²) in [5, 5.41) is 40.1. The molecule has 0 radical (unpaired) electrons. The molecule has 0 aliphatic carbocycles. The summed E-state index contributed by atoms with van der Waals surface area (Å²) in [5.41, 5.74) is 3.47. The van der Waals surface area contributed by atoms with Crippen molar-refractivity contribution < 1.29 is 29.6 Å². The average Bonchev–Trinajstić information content (AvgIpc) is 3.26. The van der Waals surface area contributed by atoms with Crippen molar-refractivity contribution in [3.05, 3.63) is 88.6 Å². The summed E-state index contributed by atoms with van der Waals surface area (Å²) in [4.78, 5) is 2.13. The first kappa shape index (κ1) is 22.8. The number of aliphatic hydroxyl groups is 4. The smallest absolute Gasteiger partial charge is 0.123 e. The Kier molecular flexibility index (Phi) is 6.85. The van der Waals surface area contributed by atoms with E-state index in [0.717, 1.165) is 26.4 Å². The van der Waals surface area contributed by atoms with Crippen LogP contribution in [0.1, 0.15) is 27.7 Å². The van der Waals surface area contributed by atoms with Gasteiger partial charge in [0.15, 0.2) is 0 Å². The van der Waals surface area contributed by atoms with Gasteiger partial charge in [-0.3, -0.25) is 0 Å². The minimum atomic E-state index is -1.43. The molecule has 0 unspecified atom stereocenters. The van der Waals surface area contributed by atoms with Crippen LogP contribution in [0, 0.1) is 5.82 Å². The first-order valence-electron chi connectivity index (χ1n) is 10.3. The topological polar surface area (TPSA) is 90.2 Å². The van der Waals surface area contributed by atoms with Gasteiger partial charge in [-0.1, -0.05) is 43.0 Å². The molecule has 0 amide bonds. The van der Waals surface area contributed by atoms with Crippen LogP contribution >= 0.6 is 11.3 Å². The molecule has 2 heterocycles. The molecule has 168 valence electrons. The number of benzene rings is 2. The third-order valence-corrected chi connectivity index (χ3v) is 6.90. The molecule has 1 saturated heterocycles. The fourth-order valence-electron chi connectivity index (χ4n) is 3.96. The monoisotopic (exact) mass is 456 g/mol. The van der Waals surface area contributed by atoms with Crippen molar-refractivity contribution in [2.45, 2.75) is 36.9 Å². The molecule has 32 heavy (non-hydrogen) atoms. The van der Waals surface area contributed by atoms with Gasteiger partial charge >= 0.3 is 0 Å². The molecule has 5 atom stereocenters. The Morgan fingerprint density at radius 2 is 1.72 bits per heavy atom. The molecule has 7 heteroatoms. The summed E-state index contributed by atoms with van der Waals surface area (Å²) in [6.45, 7) is 3.41. The number of halogens is 1. The molecule has 1 aliphatic heterocycles. The minimum absolute atomic E-state index is 0.272. The van der Waals surface area contributed by atoms with Crippen LogP contribution < -0.4 is 0 Å². The number of hydrogen-bond acceptors (Lipinski definition) is 6. The van der Waals surface area contributed by atoms with Gasteiger partial charge in [0, 0.05) is 16.2 Å². The molecular formula is C25H25FO5S. The third-order valence-electron chi connectivity index (χ3n) is 5.76. The standard InChI is InChI=1S/C25H25FO5S/c1-2-14-3-4-16(25-24(30)23(29)22(28)20(13-27)31-25)11-17(14)12-19-9-10-21(32-19)15-5-7-18(26)8-6-15/h2-11,20,22-25,27-30H,1,12-13H2/t20-,22-,23+,24-,25+/m1/s1. The van der Waals surface area contributed by atoms with Gasteiger partial charge in [0.25, 0.3) is 0 Å². The van der Waals surface area contributed by atoms with Gasteiger partial charge in [0.2, 0.25) is 0 Å². The Hall–Kier alpha value is -2.39. The molecule has 4 N–H and O–H groups in total. The van der Waals surface area contributed by atoms with Crippen LogP contribution in [0.15, 0.2) is 61.2 Å². The quantitative estimate of drug-likeness (QED) is 0.457. The predicted octanol–water partition coefficient (Wildman–Crippen LogP) is 3.30. The van der Waals surface area contributed by atoms with Crippen molar-refractivity contribution in [3.63, 3.8) is 0 Å². The molecule has 0 saturated carbocycles. The van der Waals surface area contributed by atoms with Gasteiger partial charge in [-0.2, -0.15) is 0 Å². The number of aliphatic hydroxyl groups excluding tert-OH is 4. The maximum Gasteiger partial charge on any atom is 0.123 e. The number of thiophene rings is 1. The second-order valence-corrected chi connectivity index (χ2v) is 9.03. The third kappa shape index (κ3) is 4.54. The van der Waals surface area contributed by atoms with E-state index in [4.69, 9.17) is 4.74 Å². The summed E-state index contributed by atoms with van der Waals surface area (Å²) < 4.78 is 18.9. The van der Waals surface area contributed by atoms with Crippen molar-refractivity contribution in [1.29, 1.82) is 0 Å². The van der Waals surface area contributed by atoms with Crippen molar-refractivity contribution in [2.75, 3.05) is 6.61 Å². The fourth-order valence-corrected chi connectivity index (χ4v) is 5.00. The van der Waals surface area contributed by atoms with E-state index in [0.29, 0.717) is 12.0 Å². The lowest BCUT2D eigenvalue weighted by Gasteiger charge is -2.40. The average molecular weight is 457 g/mol. The van der Waals surface area contributed by atoms with Gasteiger partial charge in [0.1, 0.15) is 36.3 Å². The lowest BCUT2D eigenvalue weighted by Crippen LogP contribution is -2.55. The van der Waals surface area contributed by atoms with E-state index >= 15 is 0 Å². The highest BCUT2D eigenvalue weighted by molar-refractivity contribution is 7.15. The van der Waals surface area contributed by atoms with Crippen LogP contribution in [0.4, 0.5) is 4.39 Å². The van der Waals surface area contributed by atoms with E-state index in [1.165, 1.54) is 12.1 Å². The summed E-state index contributed by atoms with van der Waals surface area (Å²) in [6, 6.07) is 15.9. The van der Waals surface area contributed by atoms with E-state index < -0.39 is 37.1 Å². The highest BCUT2D eigenvalue weighted by atomic mass is 32.1. The summed E-state index contributed by atoms with van der Waals surface area (Å²) in [6.07, 6.45) is -3.64. The van der Waals surface area contributed by atoms with Crippen molar-refractivity contribution in [3.8, 4) is 10.4 Å². The molecule has 0 spiro atoms. The fraction of sp³-hybridized carbons (Fsp3) is 0.280. The highest BCUT2D eigenvalue weighted by Gasteiger charge is 2.44. The number of hydrogen-bond donors (Lipinski definition) is 4. The van der Waals surface area contributed by atoms with Crippen LogP contribution in [-0.2, 0) is 11.2 Å². The molecule has 0 bridgehead atoms. The summed E-state index contributed by atoms with van der Waals surface area (Å²) >= 11 is 1.61. The van der Waals surface area contributed by atoms with E-state index in [2.05, 4.69) is 6.58 Å². The molecule has 5 nitrogen and oxygen atoms in total. The Morgan fingerprint density at radius 3 is 2.41 bits per heavy atom. The summed E-state index contributed by atoms with van der Waals surface area (Å²) in [5.74, 6) is -0.272. The Bertz CT molecular complexity index is 1080. The van der Waals surface area contributed by atoms with E-state index in [9.17, 15) is 24.8 Å². The van der Waals surface area contributed by atoms with Gasteiger partial charge in [0.05, 0.1) is 6.61 Å². The Balaban J connectivity index is 1.60. The zero-order chi connectivity index (χ0) is 22.8. The Morgan fingerprint density at radius 1 is 0.969 bits per heavy atom. The predicted molar refractivity (Wildman–Crippen MR) is 122 cm³/mol. The van der Waals surface area contributed by atoms with Gasteiger partial charge in [-0.05, 0) is 46.5 Å².